The van der Waals surface area contributed by atoms with Crippen molar-refractivity contribution in [3.8, 4) is 0 Å². The monoisotopic (exact) mass is 354 g/mol. The molecule has 1 aromatic carbocycles. The van der Waals surface area contributed by atoms with Gasteiger partial charge in [-0.3, -0.25) is 9.59 Å². The van der Waals surface area contributed by atoms with Crippen LogP contribution in [0, 0.1) is 6.92 Å². The highest BCUT2D eigenvalue weighted by atomic mass is 32.2. The minimum atomic E-state index is -3.91. The molecule has 0 atom stereocenters. The SMILES string of the molecule is CC(=O)NCCCC(=O)NS(=O)(=O)c1cc(C(C)(C)C)ccc1C. The van der Waals surface area contributed by atoms with Crippen LogP contribution >= 0.6 is 0 Å². The Hall–Kier alpha value is -1.89. The number of nitrogens with one attached hydrogen (secondary N) is 2. The van der Waals surface area contributed by atoms with Crippen LogP contribution in [0.1, 0.15) is 51.7 Å². The number of hydrogen-bond donors (Lipinski definition) is 2. The van der Waals surface area contributed by atoms with Crippen LogP contribution in [0.2, 0.25) is 0 Å². The second-order valence-corrected chi connectivity index (χ2v) is 8.50. The number of aryl methyl sites for hydroxylation is 1. The van der Waals surface area contributed by atoms with Gasteiger partial charge in [0.1, 0.15) is 0 Å². The Labute approximate surface area is 144 Å². The van der Waals surface area contributed by atoms with Gasteiger partial charge in [0.05, 0.1) is 4.90 Å². The van der Waals surface area contributed by atoms with Gasteiger partial charge in [0, 0.05) is 19.9 Å². The zero-order valence-electron chi connectivity index (χ0n) is 14.9. The van der Waals surface area contributed by atoms with E-state index in [0.717, 1.165) is 5.56 Å². The molecule has 0 spiro atoms. The summed E-state index contributed by atoms with van der Waals surface area (Å²) in [5.41, 5.74) is 1.27. The first-order valence-corrected chi connectivity index (χ1v) is 9.33. The predicted octanol–water partition coefficient (Wildman–Crippen LogP) is 2.01. The normalized spacial score (nSPS) is 11.9. The van der Waals surface area contributed by atoms with Crippen molar-refractivity contribution in [3.05, 3.63) is 29.3 Å². The van der Waals surface area contributed by atoms with Gasteiger partial charge >= 0.3 is 0 Å². The summed E-state index contributed by atoms with van der Waals surface area (Å²) in [6, 6.07) is 5.25. The third-order valence-electron chi connectivity index (χ3n) is 3.55. The van der Waals surface area contributed by atoms with Crippen LogP contribution in [0.4, 0.5) is 0 Å². The van der Waals surface area contributed by atoms with E-state index < -0.39 is 15.9 Å². The molecule has 0 radical (unpaired) electrons. The van der Waals surface area contributed by atoms with E-state index in [1.165, 1.54) is 6.92 Å². The van der Waals surface area contributed by atoms with Gasteiger partial charge in [0.25, 0.3) is 10.0 Å². The number of hydrogen-bond acceptors (Lipinski definition) is 4. The van der Waals surface area contributed by atoms with Crippen molar-refractivity contribution in [2.24, 2.45) is 0 Å². The third kappa shape index (κ3) is 5.96. The van der Waals surface area contributed by atoms with Crippen LogP contribution in [0.15, 0.2) is 23.1 Å². The predicted molar refractivity (Wildman–Crippen MR) is 93.1 cm³/mol. The lowest BCUT2D eigenvalue weighted by atomic mass is 9.87. The fraction of sp³-hybridized carbons (Fsp3) is 0.529. The maximum Gasteiger partial charge on any atom is 0.264 e. The summed E-state index contributed by atoms with van der Waals surface area (Å²) >= 11 is 0. The van der Waals surface area contributed by atoms with Gasteiger partial charge in [-0.2, -0.15) is 0 Å². The first-order valence-electron chi connectivity index (χ1n) is 7.84. The number of carbonyl (C=O) groups excluding carboxylic acids is 2. The Bertz CT molecular complexity index is 719. The van der Waals surface area contributed by atoms with Crippen LogP contribution in [0.5, 0.6) is 0 Å². The summed E-state index contributed by atoms with van der Waals surface area (Å²) in [4.78, 5) is 22.7. The van der Waals surface area contributed by atoms with E-state index in [1.807, 2.05) is 26.8 Å². The summed E-state index contributed by atoms with van der Waals surface area (Å²) < 4.78 is 27.1. The maximum absolute atomic E-state index is 12.5. The number of rotatable bonds is 6. The number of carbonyl (C=O) groups is 2. The van der Waals surface area contributed by atoms with Crippen LogP contribution in [0.3, 0.4) is 0 Å². The van der Waals surface area contributed by atoms with Crippen molar-refractivity contribution in [1.29, 1.82) is 0 Å². The Kier molecular flexibility index (Phi) is 6.54. The first kappa shape index (κ1) is 20.2. The maximum atomic E-state index is 12.5. The van der Waals surface area contributed by atoms with Gasteiger partial charge in [-0.1, -0.05) is 32.9 Å². The van der Waals surface area contributed by atoms with Crippen molar-refractivity contribution in [1.82, 2.24) is 10.0 Å². The molecular formula is C17H26N2O4S. The van der Waals surface area contributed by atoms with Crippen LogP contribution in [0.25, 0.3) is 0 Å². The van der Waals surface area contributed by atoms with Crippen molar-refractivity contribution < 1.29 is 18.0 Å². The largest absolute Gasteiger partial charge is 0.356 e. The van der Waals surface area contributed by atoms with Gasteiger partial charge in [0.15, 0.2) is 0 Å². The van der Waals surface area contributed by atoms with Gasteiger partial charge in [0.2, 0.25) is 11.8 Å². The Morgan fingerprint density at radius 2 is 1.79 bits per heavy atom. The molecule has 6 nitrogen and oxygen atoms in total. The average molecular weight is 354 g/mol. The van der Waals surface area contributed by atoms with E-state index in [9.17, 15) is 18.0 Å². The quantitative estimate of drug-likeness (QED) is 0.765. The Morgan fingerprint density at radius 3 is 2.33 bits per heavy atom. The molecule has 0 saturated heterocycles. The van der Waals surface area contributed by atoms with Crippen molar-refractivity contribution in [2.75, 3.05) is 6.54 Å². The fourth-order valence-electron chi connectivity index (χ4n) is 2.13. The lowest BCUT2D eigenvalue weighted by Crippen LogP contribution is -2.32. The summed E-state index contributed by atoms with van der Waals surface area (Å²) in [5.74, 6) is -0.765. The van der Waals surface area contributed by atoms with E-state index in [-0.39, 0.29) is 22.6 Å². The lowest BCUT2D eigenvalue weighted by molar-refractivity contribution is -0.121. The van der Waals surface area contributed by atoms with Crippen molar-refractivity contribution >= 4 is 21.8 Å². The molecule has 2 N–H and O–H groups in total. The van der Waals surface area contributed by atoms with Gasteiger partial charge in [-0.05, 0) is 36.0 Å². The van der Waals surface area contributed by atoms with Crippen LogP contribution in [-0.4, -0.2) is 26.8 Å². The summed E-state index contributed by atoms with van der Waals surface area (Å²) in [6.45, 7) is 9.40. The second kappa shape index (κ2) is 7.79. The van der Waals surface area contributed by atoms with E-state index in [1.54, 1.807) is 19.1 Å². The van der Waals surface area contributed by atoms with Crippen LogP contribution < -0.4 is 10.0 Å². The number of sulfonamides is 1. The summed E-state index contributed by atoms with van der Waals surface area (Å²) in [5, 5.41) is 2.56. The van der Waals surface area contributed by atoms with E-state index in [0.29, 0.717) is 18.5 Å². The molecule has 1 rings (SSSR count). The molecule has 7 heteroatoms. The van der Waals surface area contributed by atoms with Crippen LogP contribution in [-0.2, 0) is 25.0 Å². The fourth-order valence-corrected chi connectivity index (χ4v) is 3.41. The molecule has 0 heterocycles. The lowest BCUT2D eigenvalue weighted by Gasteiger charge is -2.20. The highest BCUT2D eigenvalue weighted by Crippen LogP contribution is 2.26. The van der Waals surface area contributed by atoms with E-state index >= 15 is 0 Å². The molecule has 0 unspecified atom stereocenters. The second-order valence-electron chi connectivity index (χ2n) is 6.85. The standard InChI is InChI=1S/C17H26N2O4S/c1-12-8-9-14(17(3,4)5)11-15(12)24(22,23)19-16(21)7-6-10-18-13(2)20/h8-9,11H,6-7,10H2,1-5H3,(H,18,20)(H,19,21). The topological polar surface area (TPSA) is 92.3 Å². The molecule has 0 aliphatic heterocycles. The smallest absolute Gasteiger partial charge is 0.264 e. The molecule has 0 fully saturated rings. The molecular weight excluding hydrogens is 328 g/mol. The summed E-state index contributed by atoms with van der Waals surface area (Å²) in [6.07, 6.45) is 0.402. The zero-order valence-corrected chi connectivity index (χ0v) is 15.7. The number of amides is 2. The molecule has 0 aromatic heterocycles. The molecule has 24 heavy (non-hydrogen) atoms. The van der Waals surface area contributed by atoms with Crippen molar-refractivity contribution in [3.63, 3.8) is 0 Å². The highest BCUT2D eigenvalue weighted by molar-refractivity contribution is 7.90. The first-order chi connectivity index (χ1) is 10.9. The molecule has 1 aromatic rings. The molecule has 134 valence electrons. The van der Waals surface area contributed by atoms with Gasteiger partial charge < -0.3 is 5.32 Å². The average Bonchev–Trinajstić information content (AvgIpc) is 2.41. The Morgan fingerprint density at radius 1 is 1.17 bits per heavy atom. The highest BCUT2D eigenvalue weighted by Gasteiger charge is 2.23. The molecule has 0 aliphatic rings. The summed E-state index contributed by atoms with van der Waals surface area (Å²) in [7, 11) is -3.91. The zero-order chi connectivity index (χ0) is 18.5. The van der Waals surface area contributed by atoms with Gasteiger partial charge in [-0.15, -0.1) is 0 Å². The number of benzene rings is 1. The molecule has 0 saturated carbocycles. The van der Waals surface area contributed by atoms with E-state index in [4.69, 9.17) is 0 Å². The minimum Gasteiger partial charge on any atom is -0.356 e. The molecule has 0 aliphatic carbocycles. The minimum absolute atomic E-state index is 0.0253. The van der Waals surface area contributed by atoms with E-state index in [2.05, 4.69) is 10.0 Å². The molecule has 0 bridgehead atoms. The van der Waals surface area contributed by atoms with Gasteiger partial charge in [-0.25, -0.2) is 13.1 Å². The molecule has 2 amide bonds. The Balaban J connectivity index is 2.85. The van der Waals surface area contributed by atoms with Crippen molar-refractivity contribution in [2.45, 2.75) is 57.8 Å². The third-order valence-corrected chi connectivity index (χ3v) is 5.06.